The summed E-state index contributed by atoms with van der Waals surface area (Å²) in [5.41, 5.74) is 3.22. The molecular formula is C22H32N3PS. The standard InChI is InChI=1S/C22H32N3PS/c1-4-10-20(11-5-1)26(21-12-6-2-7-13-21)17-19-16-25(24-23-19)18-27-22-14-8-3-9-15-22/h3,8-9,14-16,20-21H,1-2,4-7,10-13,17-18H2. The Kier molecular flexibility index (Phi) is 7.26. The number of hydrogen-bond acceptors (Lipinski definition) is 3. The van der Waals surface area contributed by atoms with Gasteiger partial charge in [0.25, 0.3) is 0 Å². The van der Waals surface area contributed by atoms with E-state index in [1.165, 1.54) is 81.0 Å². The summed E-state index contributed by atoms with van der Waals surface area (Å²) in [6.07, 6.45) is 18.0. The molecule has 2 aliphatic carbocycles. The maximum Gasteiger partial charge on any atom is 0.0927 e. The highest BCUT2D eigenvalue weighted by Gasteiger charge is 2.31. The van der Waals surface area contributed by atoms with Crippen LogP contribution in [-0.2, 0) is 12.0 Å². The van der Waals surface area contributed by atoms with Gasteiger partial charge >= 0.3 is 0 Å². The van der Waals surface area contributed by atoms with Crippen molar-refractivity contribution in [1.29, 1.82) is 0 Å². The molecular weight excluding hydrogens is 369 g/mol. The van der Waals surface area contributed by atoms with Gasteiger partial charge in [0, 0.05) is 17.3 Å². The molecule has 0 spiro atoms. The Morgan fingerprint density at radius 2 is 1.52 bits per heavy atom. The van der Waals surface area contributed by atoms with Crippen molar-refractivity contribution in [2.75, 3.05) is 0 Å². The number of nitrogens with zero attached hydrogens (tertiary/aromatic N) is 3. The third-order valence-corrected chi connectivity index (χ3v) is 10.7. The van der Waals surface area contributed by atoms with Crippen molar-refractivity contribution >= 4 is 19.7 Å². The van der Waals surface area contributed by atoms with Crippen molar-refractivity contribution in [3.05, 3.63) is 42.2 Å². The van der Waals surface area contributed by atoms with Crippen molar-refractivity contribution in [2.45, 2.75) is 92.5 Å². The van der Waals surface area contributed by atoms with Gasteiger partial charge < -0.3 is 0 Å². The number of rotatable bonds is 7. The lowest BCUT2D eigenvalue weighted by Gasteiger charge is -2.38. The summed E-state index contributed by atoms with van der Waals surface area (Å²) in [4.78, 5) is 1.29. The first kappa shape index (κ1) is 19.5. The van der Waals surface area contributed by atoms with E-state index in [0.29, 0.717) is 0 Å². The van der Waals surface area contributed by atoms with Crippen molar-refractivity contribution in [3.63, 3.8) is 0 Å². The van der Waals surface area contributed by atoms with E-state index in [2.05, 4.69) is 46.8 Å². The molecule has 146 valence electrons. The largest absolute Gasteiger partial charge is 0.242 e. The lowest BCUT2D eigenvalue weighted by Crippen LogP contribution is -2.21. The van der Waals surface area contributed by atoms with Crippen LogP contribution in [0, 0.1) is 0 Å². The molecule has 2 saturated carbocycles. The van der Waals surface area contributed by atoms with Gasteiger partial charge in [-0.2, -0.15) is 0 Å². The molecule has 1 aromatic carbocycles. The first-order valence-electron chi connectivity index (χ1n) is 10.7. The van der Waals surface area contributed by atoms with Crippen molar-refractivity contribution < 1.29 is 0 Å². The van der Waals surface area contributed by atoms with Crippen LogP contribution in [0.3, 0.4) is 0 Å². The third-order valence-electron chi connectivity index (χ3n) is 6.12. The summed E-state index contributed by atoms with van der Waals surface area (Å²) >= 11 is 1.83. The molecule has 3 nitrogen and oxygen atoms in total. The minimum atomic E-state index is 0.0643. The highest BCUT2D eigenvalue weighted by molar-refractivity contribution is 7.98. The van der Waals surface area contributed by atoms with Gasteiger partial charge in [-0.1, -0.05) is 69.9 Å². The smallest absolute Gasteiger partial charge is 0.0927 e. The van der Waals surface area contributed by atoms with Crippen LogP contribution in [0.15, 0.2) is 41.4 Å². The molecule has 1 aromatic heterocycles. The highest BCUT2D eigenvalue weighted by Crippen LogP contribution is 2.57. The third kappa shape index (κ3) is 5.57. The SMILES string of the molecule is c1ccc(SCn2cc(CP(C3CCCCC3)C3CCCCC3)nn2)cc1. The molecule has 0 aliphatic heterocycles. The second-order valence-corrected chi connectivity index (χ2v) is 11.9. The van der Waals surface area contributed by atoms with Gasteiger partial charge in [0.05, 0.1) is 11.6 Å². The molecule has 27 heavy (non-hydrogen) atoms. The molecule has 1 heterocycles. The van der Waals surface area contributed by atoms with Gasteiger partial charge in [0.2, 0.25) is 0 Å². The van der Waals surface area contributed by atoms with Gasteiger partial charge in [-0.3, -0.25) is 0 Å². The van der Waals surface area contributed by atoms with Gasteiger partial charge in [-0.15, -0.1) is 16.9 Å². The van der Waals surface area contributed by atoms with Crippen LogP contribution in [0.2, 0.25) is 0 Å². The predicted octanol–water partition coefficient (Wildman–Crippen LogP) is 6.68. The van der Waals surface area contributed by atoms with Crippen LogP contribution in [0.4, 0.5) is 0 Å². The average Bonchev–Trinajstić information content (AvgIpc) is 3.20. The average molecular weight is 402 g/mol. The summed E-state index contributed by atoms with van der Waals surface area (Å²) in [5, 5.41) is 9.00. The lowest BCUT2D eigenvalue weighted by molar-refractivity contribution is 0.483. The fourth-order valence-electron chi connectivity index (χ4n) is 4.70. The fraction of sp³-hybridized carbons (Fsp3) is 0.636. The summed E-state index contributed by atoms with van der Waals surface area (Å²) in [6, 6.07) is 10.6. The van der Waals surface area contributed by atoms with Crippen LogP contribution in [0.1, 0.15) is 69.9 Å². The van der Waals surface area contributed by atoms with Crippen molar-refractivity contribution in [3.8, 4) is 0 Å². The normalized spacial score (nSPS) is 19.6. The summed E-state index contributed by atoms with van der Waals surface area (Å²) in [5.74, 6) is 0.849. The molecule has 0 unspecified atom stereocenters. The Hall–Kier alpha value is -0.860. The summed E-state index contributed by atoms with van der Waals surface area (Å²) < 4.78 is 2.03. The van der Waals surface area contributed by atoms with E-state index in [1.807, 2.05) is 16.4 Å². The maximum atomic E-state index is 4.57. The minimum Gasteiger partial charge on any atom is -0.242 e. The van der Waals surface area contributed by atoms with Gasteiger partial charge in [0.15, 0.2) is 0 Å². The molecule has 0 saturated heterocycles. The van der Waals surface area contributed by atoms with Crippen molar-refractivity contribution in [2.24, 2.45) is 0 Å². The number of benzene rings is 1. The molecule has 2 fully saturated rings. The molecule has 2 aromatic rings. The van der Waals surface area contributed by atoms with Gasteiger partial charge in [-0.25, -0.2) is 4.68 Å². The summed E-state index contributed by atoms with van der Waals surface area (Å²) in [6.45, 7) is 0. The summed E-state index contributed by atoms with van der Waals surface area (Å²) in [7, 11) is 0.0643. The molecule has 0 radical (unpaired) electrons. The highest BCUT2D eigenvalue weighted by atomic mass is 32.2. The van der Waals surface area contributed by atoms with E-state index in [0.717, 1.165) is 17.2 Å². The van der Waals surface area contributed by atoms with Crippen LogP contribution < -0.4 is 0 Å². The van der Waals surface area contributed by atoms with Crippen LogP contribution in [0.5, 0.6) is 0 Å². The Balaban J connectivity index is 1.39. The second kappa shape index (κ2) is 10.1. The van der Waals surface area contributed by atoms with E-state index in [-0.39, 0.29) is 7.92 Å². The van der Waals surface area contributed by atoms with E-state index < -0.39 is 0 Å². The topological polar surface area (TPSA) is 30.7 Å². The number of aromatic nitrogens is 3. The molecule has 0 atom stereocenters. The van der Waals surface area contributed by atoms with E-state index in [9.17, 15) is 0 Å². The zero-order valence-corrected chi connectivity index (χ0v) is 18.0. The Bertz CT molecular complexity index is 660. The Morgan fingerprint density at radius 1 is 0.889 bits per heavy atom. The Labute approximate surface area is 169 Å². The van der Waals surface area contributed by atoms with Crippen LogP contribution in [0.25, 0.3) is 0 Å². The first-order valence-corrected chi connectivity index (χ1v) is 13.4. The van der Waals surface area contributed by atoms with Crippen molar-refractivity contribution in [1.82, 2.24) is 15.0 Å². The van der Waals surface area contributed by atoms with Gasteiger partial charge in [-0.05, 0) is 49.1 Å². The monoisotopic (exact) mass is 401 g/mol. The van der Waals surface area contributed by atoms with Gasteiger partial charge in [0.1, 0.15) is 0 Å². The zero-order chi connectivity index (χ0) is 18.3. The maximum absolute atomic E-state index is 4.57. The Morgan fingerprint density at radius 3 is 2.15 bits per heavy atom. The molecule has 0 bridgehead atoms. The fourth-order valence-corrected chi connectivity index (χ4v) is 9.15. The molecule has 0 N–H and O–H groups in total. The van der Waals surface area contributed by atoms with Crippen LogP contribution in [-0.4, -0.2) is 26.3 Å². The lowest BCUT2D eigenvalue weighted by atomic mass is 9.99. The van der Waals surface area contributed by atoms with E-state index in [4.69, 9.17) is 0 Å². The molecule has 0 amide bonds. The van der Waals surface area contributed by atoms with E-state index in [1.54, 1.807) is 0 Å². The molecule has 5 heteroatoms. The second-order valence-electron chi connectivity index (χ2n) is 8.09. The minimum absolute atomic E-state index is 0.0643. The first-order chi connectivity index (χ1) is 13.4. The zero-order valence-electron chi connectivity index (χ0n) is 16.3. The van der Waals surface area contributed by atoms with Crippen LogP contribution >= 0.6 is 19.7 Å². The predicted molar refractivity (Wildman–Crippen MR) is 117 cm³/mol. The quantitative estimate of drug-likeness (QED) is 0.383. The molecule has 2 aliphatic rings. The number of thioether (sulfide) groups is 1. The number of hydrogen-bond donors (Lipinski definition) is 0. The molecule has 4 rings (SSSR count). The van der Waals surface area contributed by atoms with E-state index >= 15 is 0 Å².